The molecule has 0 saturated heterocycles. The Morgan fingerprint density at radius 2 is 2.17 bits per heavy atom. The van der Waals surface area contributed by atoms with Crippen molar-refractivity contribution >= 4 is 21.7 Å². The number of rotatable bonds is 4. The quantitative estimate of drug-likeness (QED) is 0.911. The topological polar surface area (TPSA) is 63.9 Å². The summed E-state index contributed by atoms with van der Waals surface area (Å²) in [5, 5.41) is 6.84. The first kappa shape index (κ1) is 11.6. The summed E-state index contributed by atoms with van der Waals surface area (Å²) in [6.45, 7) is 0.807. The van der Waals surface area contributed by atoms with Crippen LogP contribution in [0.2, 0.25) is 0 Å². The van der Waals surface area contributed by atoms with E-state index >= 15 is 0 Å². The van der Waals surface area contributed by atoms with Crippen molar-refractivity contribution in [2.45, 2.75) is 12.8 Å². The summed E-state index contributed by atoms with van der Waals surface area (Å²) in [4.78, 5) is 0. The van der Waals surface area contributed by atoms with Gasteiger partial charge >= 0.3 is 0 Å². The molecule has 1 aliphatic carbocycles. The predicted octanol–water partition coefficient (Wildman–Crippen LogP) is 3.21. The Balaban J connectivity index is 1.84. The van der Waals surface area contributed by atoms with Crippen LogP contribution in [-0.2, 0) is 0 Å². The van der Waals surface area contributed by atoms with Crippen LogP contribution in [0.1, 0.15) is 12.8 Å². The number of benzene rings is 1. The first-order chi connectivity index (χ1) is 8.70. The van der Waals surface area contributed by atoms with Gasteiger partial charge in [-0.3, -0.25) is 5.10 Å². The number of nitrogen functional groups attached to an aromatic ring is 1. The van der Waals surface area contributed by atoms with Crippen LogP contribution in [0, 0.1) is 5.92 Å². The summed E-state index contributed by atoms with van der Waals surface area (Å²) in [5.74, 6) is 2.11. The minimum absolute atomic E-state index is 0.491. The molecule has 1 fully saturated rings. The third-order valence-corrected chi connectivity index (χ3v) is 3.42. The molecule has 3 rings (SSSR count). The van der Waals surface area contributed by atoms with Crippen LogP contribution >= 0.6 is 15.9 Å². The summed E-state index contributed by atoms with van der Waals surface area (Å²) < 4.78 is 6.77. The number of aromatic amines is 1. The van der Waals surface area contributed by atoms with Crippen molar-refractivity contribution in [2.24, 2.45) is 5.92 Å². The number of H-pyrrole nitrogens is 1. The highest BCUT2D eigenvalue weighted by Crippen LogP contribution is 2.32. The number of hydrogen-bond donors (Lipinski definition) is 2. The zero-order valence-electron chi connectivity index (χ0n) is 9.82. The monoisotopic (exact) mass is 307 g/mol. The molecule has 0 unspecified atom stereocenters. The van der Waals surface area contributed by atoms with Crippen LogP contribution in [0.4, 0.5) is 5.82 Å². The smallest absolute Gasteiger partial charge is 0.145 e. The minimum Gasteiger partial charge on any atom is -0.493 e. The summed E-state index contributed by atoms with van der Waals surface area (Å²) in [6, 6.07) is 7.80. The van der Waals surface area contributed by atoms with E-state index in [0.717, 1.165) is 34.0 Å². The number of halogens is 1. The van der Waals surface area contributed by atoms with Gasteiger partial charge in [0.2, 0.25) is 0 Å². The van der Waals surface area contributed by atoms with E-state index < -0.39 is 0 Å². The maximum Gasteiger partial charge on any atom is 0.145 e. The third kappa shape index (κ3) is 2.67. The van der Waals surface area contributed by atoms with Crippen molar-refractivity contribution in [1.82, 2.24) is 10.2 Å². The predicted molar refractivity (Wildman–Crippen MR) is 74.4 cm³/mol. The van der Waals surface area contributed by atoms with Crippen LogP contribution in [0.15, 0.2) is 28.7 Å². The van der Waals surface area contributed by atoms with Crippen molar-refractivity contribution in [3.63, 3.8) is 0 Å². The van der Waals surface area contributed by atoms with Gasteiger partial charge in [-0.2, -0.15) is 5.10 Å². The molecule has 5 heteroatoms. The minimum atomic E-state index is 0.491. The highest BCUT2D eigenvalue weighted by Gasteiger charge is 2.22. The van der Waals surface area contributed by atoms with Crippen molar-refractivity contribution in [1.29, 1.82) is 0 Å². The standard InChI is InChI=1S/C13H14BrN3O/c14-10-3-9(12-6-13(15)17-16-12)4-11(5-10)18-7-8-1-2-8/h3-6,8H,1-2,7H2,(H3,15,16,17). The van der Waals surface area contributed by atoms with Crippen LogP contribution in [0.3, 0.4) is 0 Å². The summed E-state index contributed by atoms with van der Waals surface area (Å²) in [6.07, 6.45) is 2.58. The van der Waals surface area contributed by atoms with Crippen LogP contribution in [0.5, 0.6) is 5.75 Å². The van der Waals surface area contributed by atoms with E-state index in [0.29, 0.717) is 5.82 Å². The van der Waals surface area contributed by atoms with E-state index in [1.54, 1.807) is 0 Å². The first-order valence-corrected chi connectivity index (χ1v) is 6.74. The number of aromatic nitrogens is 2. The van der Waals surface area contributed by atoms with Gasteiger partial charge in [0, 0.05) is 16.1 Å². The normalized spacial score (nSPS) is 14.7. The molecular formula is C13H14BrN3O. The molecule has 0 spiro atoms. The maximum atomic E-state index is 5.78. The third-order valence-electron chi connectivity index (χ3n) is 2.96. The second kappa shape index (κ2) is 4.65. The zero-order valence-corrected chi connectivity index (χ0v) is 11.4. The molecular weight excluding hydrogens is 294 g/mol. The van der Waals surface area contributed by atoms with Gasteiger partial charge in [0.25, 0.3) is 0 Å². The lowest BCUT2D eigenvalue weighted by Gasteiger charge is -2.07. The lowest BCUT2D eigenvalue weighted by molar-refractivity contribution is 0.299. The number of hydrogen-bond acceptors (Lipinski definition) is 3. The molecule has 1 aromatic heterocycles. The molecule has 0 radical (unpaired) electrons. The van der Waals surface area contributed by atoms with Gasteiger partial charge in [-0.05, 0) is 37.0 Å². The second-order valence-electron chi connectivity index (χ2n) is 4.64. The molecule has 1 saturated carbocycles. The van der Waals surface area contributed by atoms with Crippen molar-refractivity contribution < 1.29 is 4.74 Å². The molecule has 1 aromatic carbocycles. The second-order valence-corrected chi connectivity index (χ2v) is 5.55. The van der Waals surface area contributed by atoms with E-state index in [2.05, 4.69) is 26.1 Å². The van der Waals surface area contributed by atoms with Gasteiger partial charge in [-0.15, -0.1) is 0 Å². The Kier molecular flexibility index (Phi) is 2.99. The molecule has 2 aromatic rings. The molecule has 0 atom stereocenters. The Bertz CT molecular complexity index is 563. The number of ether oxygens (including phenoxy) is 1. The van der Waals surface area contributed by atoms with E-state index in [4.69, 9.17) is 10.5 Å². The van der Waals surface area contributed by atoms with E-state index in [9.17, 15) is 0 Å². The molecule has 1 heterocycles. The number of nitrogens with one attached hydrogen (secondary N) is 1. The highest BCUT2D eigenvalue weighted by atomic mass is 79.9. The van der Waals surface area contributed by atoms with Gasteiger partial charge in [0.1, 0.15) is 11.6 Å². The Morgan fingerprint density at radius 1 is 1.33 bits per heavy atom. The average Bonchev–Trinajstić information content (AvgIpc) is 3.07. The fourth-order valence-electron chi connectivity index (χ4n) is 1.79. The first-order valence-electron chi connectivity index (χ1n) is 5.95. The molecule has 3 N–H and O–H groups in total. The maximum absolute atomic E-state index is 5.78. The van der Waals surface area contributed by atoms with E-state index in [1.807, 2.05) is 24.3 Å². The van der Waals surface area contributed by atoms with Gasteiger partial charge in [0.05, 0.1) is 12.3 Å². The fourth-order valence-corrected chi connectivity index (χ4v) is 2.26. The number of nitrogens with zero attached hydrogens (tertiary/aromatic N) is 1. The van der Waals surface area contributed by atoms with Gasteiger partial charge in [-0.25, -0.2) is 0 Å². The summed E-state index contributed by atoms with van der Waals surface area (Å²) >= 11 is 3.49. The molecule has 94 valence electrons. The molecule has 1 aliphatic rings. The molecule has 0 aliphatic heterocycles. The Hall–Kier alpha value is -1.49. The summed E-state index contributed by atoms with van der Waals surface area (Å²) in [7, 11) is 0. The molecule has 4 nitrogen and oxygen atoms in total. The lowest BCUT2D eigenvalue weighted by Crippen LogP contribution is -1.99. The lowest BCUT2D eigenvalue weighted by atomic mass is 10.1. The Labute approximate surface area is 114 Å². The van der Waals surface area contributed by atoms with Gasteiger partial charge < -0.3 is 10.5 Å². The van der Waals surface area contributed by atoms with Crippen molar-refractivity contribution in [2.75, 3.05) is 12.3 Å². The average molecular weight is 308 g/mol. The highest BCUT2D eigenvalue weighted by molar-refractivity contribution is 9.10. The largest absolute Gasteiger partial charge is 0.493 e. The van der Waals surface area contributed by atoms with Crippen LogP contribution < -0.4 is 10.5 Å². The summed E-state index contributed by atoms with van der Waals surface area (Å²) in [5.41, 5.74) is 7.52. The van der Waals surface area contributed by atoms with Gasteiger partial charge in [-0.1, -0.05) is 15.9 Å². The fraction of sp³-hybridized carbons (Fsp3) is 0.308. The van der Waals surface area contributed by atoms with Gasteiger partial charge in [0.15, 0.2) is 0 Å². The van der Waals surface area contributed by atoms with Crippen molar-refractivity contribution in [3.8, 4) is 17.0 Å². The number of nitrogens with two attached hydrogens (primary N) is 1. The number of anilines is 1. The van der Waals surface area contributed by atoms with Crippen LogP contribution in [0.25, 0.3) is 11.3 Å². The van der Waals surface area contributed by atoms with E-state index in [-0.39, 0.29) is 0 Å². The van der Waals surface area contributed by atoms with Crippen molar-refractivity contribution in [3.05, 3.63) is 28.7 Å². The molecule has 0 bridgehead atoms. The molecule has 0 amide bonds. The Morgan fingerprint density at radius 3 is 2.83 bits per heavy atom. The van der Waals surface area contributed by atoms with Crippen LogP contribution in [-0.4, -0.2) is 16.8 Å². The van der Waals surface area contributed by atoms with E-state index in [1.165, 1.54) is 12.8 Å². The molecule has 18 heavy (non-hydrogen) atoms. The zero-order chi connectivity index (χ0) is 12.5. The SMILES string of the molecule is Nc1cc(-c2cc(Br)cc(OCC3CC3)c2)[nH]n1.